The Bertz CT molecular complexity index is 901. The molecule has 6 nitrogen and oxygen atoms in total. The molecule has 0 amide bonds. The first-order valence-electron chi connectivity index (χ1n) is 9.39. The lowest BCUT2D eigenvalue weighted by molar-refractivity contribution is 0.114. The van der Waals surface area contributed by atoms with Gasteiger partial charge in [0.15, 0.2) is 0 Å². The molecule has 0 aliphatic carbocycles. The largest absolute Gasteiger partial charge is 0.493 e. The maximum atomic E-state index is 5.82. The van der Waals surface area contributed by atoms with Gasteiger partial charge < -0.3 is 9.15 Å². The van der Waals surface area contributed by atoms with Crippen LogP contribution in [0.5, 0.6) is 5.75 Å². The maximum absolute atomic E-state index is 5.82. The number of nitrogens with zero attached hydrogens (tertiary/aromatic N) is 4. The Morgan fingerprint density at radius 1 is 1.00 bits per heavy atom. The summed E-state index contributed by atoms with van der Waals surface area (Å²) in [4.78, 5) is 5.93. The Morgan fingerprint density at radius 2 is 1.85 bits per heavy atom. The number of ether oxygens (including phenoxy) is 1. The number of thiophene rings is 1. The second kappa shape index (κ2) is 7.42. The minimum absolute atomic E-state index is 0.624. The Labute approximate surface area is 162 Å². The van der Waals surface area contributed by atoms with Crippen LogP contribution in [0.1, 0.15) is 17.0 Å². The van der Waals surface area contributed by atoms with Crippen LogP contribution in [0, 0.1) is 0 Å². The summed E-state index contributed by atoms with van der Waals surface area (Å²) in [7, 11) is 0. The molecule has 0 unspecified atom stereocenters. The summed E-state index contributed by atoms with van der Waals surface area (Å²) in [6.07, 6.45) is 1.04. The van der Waals surface area contributed by atoms with E-state index in [1.54, 1.807) is 11.3 Å². The van der Waals surface area contributed by atoms with Gasteiger partial charge in [-0.15, -0.1) is 21.5 Å². The summed E-state index contributed by atoms with van der Waals surface area (Å²) < 4.78 is 11.4. The van der Waals surface area contributed by atoms with E-state index in [-0.39, 0.29) is 0 Å². The van der Waals surface area contributed by atoms with E-state index in [1.165, 1.54) is 11.1 Å². The first-order chi connectivity index (χ1) is 13.3. The standard InChI is InChI=1S/C20H22N4O2S/c1-2-18(27-11-1)20-22-21-19(26-20)14-24-8-6-23(7-9-24)13-15-3-4-17-16(12-15)5-10-25-17/h1-4,11-12H,5-10,13-14H2. The summed E-state index contributed by atoms with van der Waals surface area (Å²) in [6.45, 7) is 6.70. The van der Waals surface area contributed by atoms with Crippen molar-refractivity contribution in [3.8, 4) is 16.5 Å². The number of rotatable bonds is 5. The second-order valence-electron chi connectivity index (χ2n) is 7.07. The van der Waals surface area contributed by atoms with Crippen molar-refractivity contribution in [3.05, 3.63) is 52.7 Å². The average Bonchev–Trinajstić information content (AvgIpc) is 3.44. The number of aromatic nitrogens is 2. The van der Waals surface area contributed by atoms with Crippen molar-refractivity contribution in [2.24, 2.45) is 0 Å². The van der Waals surface area contributed by atoms with Crippen LogP contribution in [0.2, 0.25) is 0 Å². The molecule has 0 atom stereocenters. The molecular weight excluding hydrogens is 360 g/mol. The highest BCUT2D eigenvalue weighted by atomic mass is 32.1. The molecule has 1 fully saturated rings. The fourth-order valence-electron chi connectivity index (χ4n) is 3.71. The summed E-state index contributed by atoms with van der Waals surface area (Å²) in [5.74, 6) is 2.38. The number of hydrogen-bond donors (Lipinski definition) is 0. The Hall–Kier alpha value is -2.22. The smallest absolute Gasteiger partial charge is 0.257 e. The van der Waals surface area contributed by atoms with Crippen molar-refractivity contribution in [1.29, 1.82) is 0 Å². The van der Waals surface area contributed by atoms with Gasteiger partial charge in [-0.2, -0.15) is 0 Å². The zero-order valence-electron chi connectivity index (χ0n) is 15.1. The molecule has 7 heteroatoms. The highest BCUT2D eigenvalue weighted by Gasteiger charge is 2.20. The highest BCUT2D eigenvalue weighted by Crippen LogP contribution is 2.27. The maximum Gasteiger partial charge on any atom is 0.257 e. The molecule has 2 aliphatic rings. The van der Waals surface area contributed by atoms with E-state index in [9.17, 15) is 0 Å². The van der Waals surface area contributed by atoms with Crippen LogP contribution in [-0.4, -0.2) is 52.8 Å². The molecule has 1 saturated heterocycles. The van der Waals surface area contributed by atoms with Crippen molar-refractivity contribution in [2.45, 2.75) is 19.5 Å². The molecule has 3 aromatic rings. The van der Waals surface area contributed by atoms with Crippen LogP contribution in [0.15, 0.2) is 40.1 Å². The molecule has 2 aromatic heterocycles. The van der Waals surface area contributed by atoms with Gasteiger partial charge in [0.1, 0.15) is 5.75 Å². The first-order valence-corrected chi connectivity index (χ1v) is 10.3. The van der Waals surface area contributed by atoms with Crippen molar-refractivity contribution < 1.29 is 9.15 Å². The third kappa shape index (κ3) is 3.76. The van der Waals surface area contributed by atoms with Crippen LogP contribution in [0.25, 0.3) is 10.8 Å². The SMILES string of the molecule is c1csc(-c2nnc(CN3CCN(Cc4ccc5c(c4)CCO5)CC3)o2)c1. The van der Waals surface area contributed by atoms with Crippen LogP contribution in [0.4, 0.5) is 0 Å². The van der Waals surface area contributed by atoms with E-state index >= 15 is 0 Å². The second-order valence-corrected chi connectivity index (χ2v) is 8.02. The van der Waals surface area contributed by atoms with Crippen molar-refractivity contribution in [1.82, 2.24) is 20.0 Å². The normalized spacial score (nSPS) is 17.8. The third-order valence-electron chi connectivity index (χ3n) is 5.18. The van der Waals surface area contributed by atoms with E-state index in [2.05, 4.69) is 38.2 Å². The number of hydrogen-bond acceptors (Lipinski definition) is 7. The zero-order valence-corrected chi connectivity index (χ0v) is 16.0. The molecule has 0 bridgehead atoms. The van der Waals surface area contributed by atoms with E-state index in [0.29, 0.717) is 11.8 Å². The van der Waals surface area contributed by atoms with Crippen LogP contribution in [-0.2, 0) is 19.5 Å². The quantitative estimate of drug-likeness (QED) is 0.676. The van der Waals surface area contributed by atoms with Gasteiger partial charge >= 0.3 is 0 Å². The Kier molecular flexibility index (Phi) is 4.65. The monoisotopic (exact) mass is 382 g/mol. The molecule has 140 valence electrons. The predicted octanol–water partition coefficient (Wildman–Crippen LogP) is 3.05. The molecule has 27 heavy (non-hydrogen) atoms. The fraction of sp³-hybridized carbons (Fsp3) is 0.400. The summed E-state index contributed by atoms with van der Waals surface area (Å²) in [5.41, 5.74) is 2.73. The first kappa shape index (κ1) is 16.9. The molecule has 0 saturated carbocycles. The number of piperazine rings is 1. The molecule has 2 aliphatic heterocycles. The van der Waals surface area contributed by atoms with Crippen molar-refractivity contribution in [3.63, 3.8) is 0 Å². The Morgan fingerprint density at radius 3 is 2.67 bits per heavy atom. The minimum Gasteiger partial charge on any atom is -0.493 e. The highest BCUT2D eigenvalue weighted by molar-refractivity contribution is 7.13. The lowest BCUT2D eigenvalue weighted by Crippen LogP contribution is -2.45. The molecule has 0 radical (unpaired) electrons. The van der Waals surface area contributed by atoms with Crippen molar-refractivity contribution in [2.75, 3.05) is 32.8 Å². The summed E-state index contributed by atoms with van der Waals surface area (Å²) in [6, 6.07) is 10.6. The van der Waals surface area contributed by atoms with Gasteiger partial charge in [-0.25, -0.2) is 0 Å². The van der Waals surface area contributed by atoms with E-state index < -0.39 is 0 Å². The fourth-order valence-corrected chi connectivity index (χ4v) is 4.35. The van der Waals surface area contributed by atoms with Crippen LogP contribution >= 0.6 is 11.3 Å². The van der Waals surface area contributed by atoms with Gasteiger partial charge in [-0.05, 0) is 28.6 Å². The van der Waals surface area contributed by atoms with Gasteiger partial charge in [-0.1, -0.05) is 18.2 Å². The summed E-state index contributed by atoms with van der Waals surface area (Å²) >= 11 is 1.62. The average molecular weight is 382 g/mol. The van der Waals surface area contributed by atoms with Crippen LogP contribution in [0.3, 0.4) is 0 Å². The van der Waals surface area contributed by atoms with Crippen LogP contribution < -0.4 is 4.74 Å². The summed E-state index contributed by atoms with van der Waals surface area (Å²) in [5, 5.41) is 10.4. The molecule has 4 heterocycles. The number of benzene rings is 1. The molecule has 1 aromatic carbocycles. The topological polar surface area (TPSA) is 54.6 Å². The third-order valence-corrected chi connectivity index (χ3v) is 6.04. The van der Waals surface area contributed by atoms with E-state index in [4.69, 9.17) is 9.15 Å². The van der Waals surface area contributed by atoms with Gasteiger partial charge in [0.2, 0.25) is 5.89 Å². The molecule has 0 spiro atoms. The Balaban J connectivity index is 1.14. The lowest BCUT2D eigenvalue weighted by atomic mass is 10.1. The van der Waals surface area contributed by atoms with Gasteiger partial charge in [0, 0.05) is 39.1 Å². The molecular formula is C20H22N4O2S. The van der Waals surface area contributed by atoms with Gasteiger partial charge in [0.05, 0.1) is 18.0 Å². The number of fused-ring (bicyclic) bond motifs is 1. The molecule has 5 rings (SSSR count). The van der Waals surface area contributed by atoms with E-state index in [1.807, 2.05) is 17.5 Å². The zero-order chi connectivity index (χ0) is 18.1. The minimum atomic E-state index is 0.624. The lowest BCUT2D eigenvalue weighted by Gasteiger charge is -2.34. The van der Waals surface area contributed by atoms with Crippen molar-refractivity contribution >= 4 is 11.3 Å². The van der Waals surface area contributed by atoms with Gasteiger partial charge in [0.25, 0.3) is 5.89 Å². The predicted molar refractivity (Wildman–Crippen MR) is 104 cm³/mol. The molecule has 0 N–H and O–H groups in total. The van der Waals surface area contributed by atoms with E-state index in [0.717, 1.165) is 62.9 Å². The van der Waals surface area contributed by atoms with Gasteiger partial charge in [-0.3, -0.25) is 9.80 Å².